The maximum Gasteiger partial charge on any atom is 0.163 e. The highest BCUT2D eigenvalue weighted by Gasteiger charge is 2.20. The Kier molecular flexibility index (Phi) is 4.07. The summed E-state index contributed by atoms with van der Waals surface area (Å²) in [5, 5.41) is 0. The molecule has 0 bridgehead atoms. The molecule has 0 spiro atoms. The first-order chi connectivity index (χ1) is 8.74. The fourth-order valence-corrected chi connectivity index (χ4v) is 2.09. The highest BCUT2D eigenvalue weighted by Crippen LogP contribution is 2.33. The van der Waals surface area contributed by atoms with Crippen molar-refractivity contribution in [1.82, 2.24) is 0 Å². The molecule has 18 heavy (non-hydrogen) atoms. The number of rotatable bonds is 5. The van der Waals surface area contributed by atoms with Gasteiger partial charge in [-0.1, -0.05) is 0 Å². The Hall–Kier alpha value is -1.71. The third-order valence-corrected chi connectivity index (χ3v) is 2.92. The summed E-state index contributed by atoms with van der Waals surface area (Å²) in [6.07, 6.45) is 0.636. The van der Waals surface area contributed by atoms with Crippen LogP contribution in [0.3, 0.4) is 0 Å². The van der Waals surface area contributed by atoms with E-state index in [0.717, 1.165) is 23.7 Å². The Bertz CT molecular complexity index is 431. The molecule has 98 valence electrons. The standard InChI is InChI=1S/C14H19NO3/c1-3-17-13-6-5-11(9-14(13)18-4-2)15-8-7-12(16)10-15/h5-6,9H,3-4,7-8,10H2,1-2H3. The van der Waals surface area contributed by atoms with Gasteiger partial charge in [0.25, 0.3) is 0 Å². The second-order valence-electron chi connectivity index (χ2n) is 4.21. The van der Waals surface area contributed by atoms with Crippen molar-refractivity contribution in [3.63, 3.8) is 0 Å². The number of benzene rings is 1. The van der Waals surface area contributed by atoms with Crippen molar-refractivity contribution >= 4 is 11.5 Å². The average Bonchev–Trinajstić information content (AvgIpc) is 2.79. The van der Waals surface area contributed by atoms with E-state index in [4.69, 9.17) is 9.47 Å². The molecule has 0 aliphatic carbocycles. The molecule has 1 aromatic rings. The molecule has 0 saturated carbocycles. The van der Waals surface area contributed by atoms with Crippen LogP contribution >= 0.6 is 0 Å². The smallest absolute Gasteiger partial charge is 0.163 e. The molecule has 4 nitrogen and oxygen atoms in total. The first-order valence-electron chi connectivity index (χ1n) is 6.41. The van der Waals surface area contributed by atoms with Gasteiger partial charge in [0.2, 0.25) is 0 Å². The first kappa shape index (κ1) is 12.7. The highest BCUT2D eigenvalue weighted by molar-refractivity contribution is 5.87. The number of hydrogen-bond acceptors (Lipinski definition) is 4. The molecular weight excluding hydrogens is 230 g/mol. The second-order valence-corrected chi connectivity index (χ2v) is 4.21. The quantitative estimate of drug-likeness (QED) is 0.802. The summed E-state index contributed by atoms with van der Waals surface area (Å²) < 4.78 is 11.1. The molecule has 1 aliphatic heterocycles. The molecule has 0 unspecified atom stereocenters. The highest BCUT2D eigenvalue weighted by atomic mass is 16.5. The van der Waals surface area contributed by atoms with Crippen LogP contribution in [0.1, 0.15) is 20.3 Å². The minimum absolute atomic E-state index is 0.293. The summed E-state index contributed by atoms with van der Waals surface area (Å²) in [6.45, 7) is 6.40. The zero-order valence-corrected chi connectivity index (χ0v) is 10.9. The molecule has 0 aromatic heterocycles. The molecule has 0 radical (unpaired) electrons. The van der Waals surface area contributed by atoms with Crippen molar-refractivity contribution in [3.05, 3.63) is 18.2 Å². The molecule has 0 N–H and O–H groups in total. The van der Waals surface area contributed by atoms with Gasteiger partial charge in [-0.15, -0.1) is 0 Å². The van der Waals surface area contributed by atoms with Gasteiger partial charge < -0.3 is 14.4 Å². The van der Waals surface area contributed by atoms with Crippen molar-refractivity contribution in [1.29, 1.82) is 0 Å². The predicted octanol–water partition coefficient (Wildman–Crippen LogP) is 2.26. The van der Waals surface area contributed by atoms with Crippen LogP contribution in [0.2, 0.25) is 0 Å². The maximum absolute atomic E-state index is 11.3. The first-order valence-corrected chi connectivity index (χ1v) is 6.41. The third-order valence-electron chi connectivity index (χ3n) is 2.92. The van der Waals surface area contributed by atoms with Gasteiger partial charge in [0.15, 0.2) is 17.3 Å². The number of ether oxygens (including phenoxy) is 2. The van der Waals surface area contributed by atoms with E-state index < -0.39 is 0 Å². The molecule has 1 fully saturated rings. The number of ketones is 1. The van der Waals surface area contributed by atoms with E-state index in [9.17, 15) is 4.79 Å². The molecule has 0 atom stereocenters. The van der Waals surface area contributed by atoms with Gasteiger partial charge in [-0.05, 0) is 26.0 Å². The van der Waals surface area contributed by atoms with Crippen molar-refractivity contribution in [2.24, 2.45) is 0 Å². The van der Waals surface area contributed by atoms with Crippen molar-refractivity contribution < 1.29 is 14.3 Å². The SMILES string of the molecule is CCOc1ccc(N2CCC(=O)C2)cc1OCC. The van der Waals surface area contributed by atoms with Gasteiger partial charge in [-0.3, -0.25) is 4.79 Å². The minimum Gasteiger partial charge on any atom is -0.490 e. The zero-order valence-electron chi connectivity index (χ0n) is 10.9. The lowest BCUT2D eigenvalue weighted by Crippen LogP contribution is -2.19. The molecule has 0 amide bonds. The Balaban J connectivity index is 2.21. The van der Waals surface area contributed by atoms with Gasteiger partial charge in [0.1, 0.15) is 0 Å². The van der Waals surface area contributed by atoms with Crippen LogP contribution in [-0.2, 0) is 4.79 Å². The average molecular weight is 249 g/mol. The monoisotopic (exact) mass is 249 g/mol. The van der Waals surface area contributed by atoms with Gasteiger partial charge in [-0.25, -0.2) is 0 Å². The van der Waals surface area contributed by atoms with Crippen LogP contribution in [0.5, 0.6) is 11.5 Å². The predicted molar refractivity (Wildman–Crippen MR) is 70.6 cm³/mol. The van der Waals surface area contributed by atoms with Gasteiger partial charge in [0.05, 0.1) is 19.8 Å². The lowest BCUT2D eigenvalue weighted by Gasteiger charge is -2.19. The summed E-state index contributed by atoms with van der Waals surface area (Å²) in [5.41, 5.74) is 1.02. The number of carbonyl (C=O) groups excluding carboxylic acids is 1. The Morgan fingerprint density at radius 3 is 2.50 bits per heavy atom. The van der Waals surface area contributed by atoms with E-state index in [2.05, 4.69) is 4.90 Å². The summed E-state index contributed by atoms with van der Waals surface area (Å²) >= 11 is 0. The second kappa shape index (κ2) is 5.76. The van der Waals surface area contributed by atoms with Crippen molar-refractivity contribution in [2.75, 3.05) is 31.2 Å². The molecule has 1 aliphatic rings. The van der Waals surface area contributed by atoms with E-state index >= 15 is 0 Å². The summed E-state index contributed by atoms with van der Waals surface area (Å²) in [6, 6.07) is 5.84. The topological polar surface area (TPSA) is 38.8 Å². The Labute approximate surface area is 107 Å². The third kappa shape index (κ3) is 2.75. The minimum atomic E-state index is 0.293. The molecule has 2 rings (SSSR count). The molecule has 4 heteroatoms. The largest absolute Gasteiger partial charge is 0.490 e. The van der Waals surface area contributed by atoms with Crippen molar-refractivity contribution in [3.8, 4) is 11.5 Å². The number of anilines is 1. The Morgan fingerprint density at radius 2 is 1.89 bits per heavy atom. The summed E-state index contributed by atoms with van der Waals surface area (Å²) in [5.74, 6) is 1.80. The van der Waals surface area contributed by atoms with Crippen LogP contribution in [0, 0.1) is 0 Å². The normalized spacial score (nSPS) is 15.0. The lowest BCUT2D eigenvalue weighted by atomic mass is 10.2. The van der Waals surface area contributed by atoms with E-state index in [0.29, 0.717) is 32.0 Å². The molecule has 1 heterocycles. The number of Topliss-reactive ketones (excluding diaryl/α,β-unsaturated/α-hetero) is 1. The number of nitrogens with zero attached hydrogens (tertiary/aromatic N) is 1. The van der Waals surface area contributed by atoms with Gasteiger partial charge >= 0.3 is 0 Å². The van der Waals surface area contributed by atoms with Crippen LogP contribution in [0.15, 0.2) is 18.2 Å². The molecule has 1 saturated heterocycles. The molecular formula is C14H19NO3. The van der Waals surface area contributed by atoms with Crippen LogP contribution in [0.25, 0.3) is 0 Å². The Morgan fingerprint density at radius 1 is 1.17 bits per heavy atom. The molecule has 1 aromatic carbocycles. The van der Waals surface area contributed by atoms with Gasteiger partial charge in [0, 0.05) is 24.7 Å². The zero-order chi connectivity index (χ0) is 13.0. The lowest BCUT2D eigenvalue weighted by molar-refractivity contribution is -0.116. The van der Waals surface area contributed by atoms with E-state index in [1.807, 2.05) is 32.0 Å². The van der Waals surface area contributed by atoms with Crippen LogP contribution < -0.4 is 14.4 Å². The fraction of sp³-hybridized carbons (Fsp3) is 0.500. The fourth-order valence-electron chi connectivity index (χ4n) is 2.09. The number of carbonyl (C=O) groups is 1. The van der Waals surface area contributed by atoms with Crippen LogP contribution in [0.4, 0.5) is 5.69 Å². The van der Waals surface area contributed by atoms with E-state index in [1.165, 1.54) is 0 Å². The maximum atomic E-state index is 11.3. The van der Waals surface area contributed by atoms with E-state index in [1.54, 1.807) is 0 Å². The van der Waals surface area contributed by atoms with Crippen LogP contribution in [-0.4, -0.2) is 32.1 Å². The van der Waals surface area contributed by atoms with E-state index in [-0.39, 0.29) is 0 Å². The summed E-state index contributed by atoms with van der Waals surface area (Å²) in [7, 11) is 0. The van der Waals surface area contributed by atoms with Gasteiger partial charge in [-0.2, -0.15) is 0 Å². The van der Waals surface area contributed by atoms with Crippen molar-refractivity contribution in [2.45, 2.75) is 20.3 Å². The number of hydrogen-bond donors (Lipinski definition) is 0. The summed E-state index contributed by atoms with van der Waals surface area (Å²) in [4.78, 5) is 13.4.